The van der Waals surface area contributed by atoms with Crippen molar-refractivity contribution >= 4 is 38.9 Å². The molecule has 4 nitrogen and oxygen atoms in total. The van der Waals surface area contributed by atoms with E-state index < -0.39 is 9.84 Å². The van der Waals surface area contributed by atoms with Crippen LogP contribution < -0.4 is 5.32 Å². The predicted octanol–water partition coefficient (Wildman–Crippen LogP) is 3.46. The number of hydrogen-bond acceptors (Lipinski definition) is 3. The summed E-state index contributed by atoms with van der Waals surface area (Å²) >= 11 is 11.6. The van der Waals surface area contributed by atoms with E-state index in [1.807, 2.05) is 0 Å². The van der Waals surface area contributed by atoms with Crippen molar-refractivity contribution in [2.45, 2.75) is 37.5 Å². The Morgan fingerprint density at radius 3 is 2.52 bits per heavy atom. The molecule has 0 fully saturated rings. The number of amides is 1. The van der Waals surface area contributed by atoms with Crippen LogP contribution in [0.15, 0.2) is 23.1 Å². The second-order valence-corrected chi connectivity index (χ2v) is 7.63. The van der Waals surface area contributed by atoms with Gasteiger partial charge in [0.15, 0.2) is 9.84 Å². The van der Waals surface area contributed by atoms with Crippen molar-refractivity contribution in [2.24, 2.45) is 0 Å². The van der Waals surface area contributed by atoms with Gasteiger partial charge in [0.1, 0.15) is 0 Å². The number of carbonyl (C=O) groups excluding carboxylic acids is 1. The Kier molecular flexibility index (Phi) is 7.49. The molecule has 118 valence electrons. The van der Waals surface area contributed by atoms with E-state index in [4.69, 9.17) is 23.2 Å². The molecule has 0 atom stereocenters. The average molecular weight is 352 g/mol. The van der Waals surface area contributed by atoms with Crippen LogP contribution in [0.4, 0.5) is 0 Å². The van der Waals surface area contributed by atoms with Gasteiger partial charge in [-0.1, -0.05) is 43.0 Å². The van der Waals surface area contributed by atoms with E-state index in [9.17, 15) is 13.2 Å². The molecular weight excluding hydrogens is 333 g/mol. The smallest absolute Gasteiger partial charge is 0.221 e. The summed E-state index contributed by atoms with van der Waals surface area (Å²) in [5, 5.41) is 3.19. The third kappa shape index (κ3) is 6.24. The van der Waals surface area contributed by atoms with Crippen LogP contribution in [-0.2, 0) is 14.6 Å². The maximum atomic E-state index is 12.1. The Hall–Kier alpha value is -0.780. The first-order chi connectivity index (χ1) is 9.86. The number of sulfone groups is 1. The Labute approximate surface area is 135 Å². The second-order valence-electron chi connectivity index (χ2n) is 4.70. The van der Waals surface area contributed by atoms with Crippen LogP contribution in [0.25, 0.3) is 0 Å². The average Bonchev–Trinajstić information content (AvgIpc) is 2.44. The third-order valence-corrected chi connectivity index (χ3v) is 5.40. The lowest BCUT2D eigenvalue weighted by Gasteiger charge is -2.07. The zero-order chi connectivity index (χ0) is 15.9. The number of carbonyl (C=O) groups is 1. The molecule has 0 radical (unpaired) electrons. The van der Waals surface area contributed by atoms with Crippen LogP contribution in [0.2, 0.25) is 10.0 Å². The lowest BCUT2D eigenvalue weighted by molar-refractivity contribution is -0.120. The molecule has 0 saturated heterocycles. The molecule has 0 bridgehead atoms. The highest BCUT2D eigenvalue weighted by Crippen LogP contribution is 2.25. The number of unbranched alkanes of at least 4 members (excludes halogenated alkanes) is 2. The molecule has 1 aromatic rings. The quantitative estimate of drug-likeness (QED) is 0.729. The standard InChI is InChI=1S/C14H19Cl2NO3S/c1-2-3-4-8-17-14(18)7-9-21(19,20)11-5-6-12(15)13(16)10-11/h5-6,10H,2-4,7-9H2,1H3,(H,17,18). The van der Waals surface area contributed by atoms with Crippen LogP contribution in [0.3, 0.4) is 0 Å². The summed E-state index contributed by atoms with van der Waals surface area (Å²) in [6.07, 6.45) is 2.96. The minimum atomic E-state index is -3.53. The topological polar surface area (TPSA) is 63.2 Å². The molecule has 0 spiro atoms. The Morgan fingerprint density at radius 2 is 1.90 bits per heavy atom. The van der Waals surface area contributed by atoms with Gasteiger partial charge in [-0.2, -0.15) is 0 Å². The first-order valence-corrected chi connectivity index (χ1v) is 9.22. The van der Waals surface area contributed by atoms with Gasteiger partial charge in [-0.3, -0.25) is 4.79 Å². The van der Waals surface area contributed by atoms with E-state index in [0.717, 1.165) is 19.3 Å². The van der Waals surface area contributed by atoms with Crippen molar-refractivity contribution in [3.05, 3.63) is 28.2 Å². The predicted molar refractivity (Wildman–Crippen MR) is 85.7 cm³/mol. The Balaban J connectivity index is 2.53. The third-order valence-electron chi connectivity index (χ3n) is 2.95. The maximum absolute atomic E-state index is 12.1. The van der Waals surface area contributed by atoms with Crippen molar-refractivity contribution in [3.63, 3.8) is 0 Å². The fourth-order valence-electron chi connectivity index (χ4n) is 1.71. The summed E-state index contributed by atoms with van der Waals surface area (Å²) in [7, 11) is -3.53. The molecule has 7 heteroatoms. The van der Waals surface area contributed by atoms with Gasteiger partial charge in [0, 0.05) is 13.0 Å². The zero-order valence-corrected chi connectivity index (χ0v) is 14.2. The minimum Gasteiger partial charge on any atom is -0.356 e. The van der Waals surface area contributed by atoms with E-state index in [2.05, 4.69) is 12.2 Å². The van der Waals surface area contributed by atoms with Crippen LogP contribution >= 0.6 is 23.2 Å². The largest absolute Gasteiger partial charge is 0.356 e. The van der Waals surface area contributed by atoms with E-state index in [1.165, 1.54) is 18.2 Å². The van der Waals surface area contributed by atoms with Gasteiger partial charge in [-0.25, -0.2) is 8.42 Å². The highest BCUT2D eigenvalue weighted by molar-refractivity contribution is 7.91. The Bertz CT molecular complexity index is 588. The number of hydrogen-bond donors (Lipinski definition) is 1. The summed E-state index contributed by atoms with van der Waals surface area (Å²) in [6.45, 7) is 2.66. The number of benzene rings is 1. The maximum Gasteiger partial charge on any atom is 0.221 e. The van der Waals surface area contributed by atoms with Gasteiger partial charge in [0.2, 0.25) is 5.91 Å². The monoisotopic (exact) mass is 351 g/mol. The van der Waals surface area contributed by atoms with Gasteiger partial charge in [-0.05, 0) is 24.6 Å². The molecule has 1 N–H and O–H groups in total. The van der Waals surface area contributed by atoms with Crippen LogP contribution in [-0.4, -0.2) is 26.6 Å². The summed E-state index contributed by atoms with van der Waals surface area (Å²) in [5.41, 5.74) is 0. The number of rotatable bonds is 8. The molecule has 0 aliphatic carbocycles. The summed E-state index contributed by atoms with van der Waals surface area (Å²) in [5.74, 6) is -0.500. The van der Waals surface area contributed by atoms with Crippen molar-refractivity contribution < 1.29 is 13.2 Å². The summed E-state index contributed by atoms with van der Waals surface area (Å²) in [6, 6.07) is 4.13. The number of nitrogens with one attached hydrogen (secondary N) is 1. The first-order valence-electron chi connectivity index (χ1n) is 6.81. The molecule has 0 heterocycles. The van der Waals surface area contributed by atoms with E-state index >= 15 is 0 Å². The van der Waals surface area contributed by atoms with Gasteiger partial charge < -0.3 is 5.32 Å². The summed E-state index contributed by atoms with van der Waals surface area (Å²) in [4.78, 5) is 11.7. The fourth-order valence-corrected chi connectivity index (χ4v) is 3.33. The first kappa shape index (κ1) is 18.3. The normalized spacial score (nSPS) is 11.4. The van der Waals surface area contributed by atoms with Gasteiger partial charge in [0.05, 0.1) is 20.7 Å². The molecule has 0 aromatic heterocycles. The fraction of sp³-hybridized carbons (Fsp3) is 0.500. The lowest BCUT2D eigenvalue weighted by Crippen LogP contribution is -2.26. The van der Waals surface area contributed by atoms with Gasteiger partial charge in [0.25, 0.3) is 0 Å². The molecule has 1 rings (SSSR count). The molecular formula is C14H19Cl2NO3S. The highest BCUT2D eigenvalue weighted by Gasteiger charge is 2.17. The van der Waals surface area contributed by atoms with Crippen LogP contribution in [0.1, 0.15) is 32.6 Å². The van der Waals surface area contributed by atoms with Crippen molar-refractivity contribution in [1.29, 1.82) is 0 Å². The zero-order valence-electron chi connectivity index (χ0n) is 11.9. The lowest BCUT2D eigenvalue weighted by atomic mass is 10.2. The molecule has 0 saturated carbocycles. The molecule has 0 unspecified atom stereocenters. The van der Waals surface area contributed by atoms with E-state index in [1.54, 1.807) is 0 Å². The molecule has 1 amide bonds. The van der Waals surface area contributed by atoms with Crippen molar-refractivity contribution in [2.75, 3.05) is 12.3 Å². The van der Waals surface area contributed by atoms with Crippen molar-refractivity contribution in [1.82, 2.24) is 5.32 Å². The van der Waals surface area contributed by atoms with Gasteiger partial charge in [-0.15, -0.1) is 0 Å². The number of halogens is 2. The second kappa shape index (κ2) is 8.61. The van der Waals surface area contributed by atoms with Gasteiger partial charge >= 0.3 is 0 Å². The van der Waals surface area contributed by atoms with E-state index in [0.29, 0.717) is 11.6 Å². The van der Waals surface area contributed by atoms with E-state index in [-0.39, 0.29) is 28.0 Å². The van der Waals surface area contributed by atoms with Crippen molar-refractivity contribution in [3.8, 4) is 0 Å². The molecule has 0 aliphatic rings. The van der Waals surface area contributed by atoms with Crippen LogP contribution in [0, 0.1) is 0 Å². The Morgan fingerprint density at radius 1 is 1.19 bits per heavy atom. The molecule has 0 aliphatic heterocycles. The highest BCUT2D eigenvalue weighted by atomic mass is 35.5. The molecule has 21 heavy (non-hydrogen) atoms. The molecule has 1 aromatic carbocycles. The SMILES string of the molecule is CCCCCNC(=O)CCS(=O)(=O)c1ccc(Cl)c(Cl)c1. The van der Waals surface area contributed by atoms with Crippen LogP contribution in [0.5, 0.6) is 0 Å². The minimum absolute atomic E-state index is 0.0608. The summed E-state index contributed by atoms with van der Waals surface area (Å²) < 4.78 is 24.2.